The number of fused-ring (bicyclic) bond motifs is 2. The van der Waals surface area contributed by atoms with Gasteiger partial charge in [0.05, 0.1) is 4.90 Å². The number of amides is 1. The van der Waals surface area contributed by atoms with Crippen LogP contribution in [0.3, 0.4) is 0 Å². The zero-order valence-electron chi connectivity index (χ0n) is 12.7. The van der Waals surface area contributed by atoms with E-state index in [1.165, 1.54) is 16.5 Å². The summed E-state index contributed by atoms with van der Waals surface area (Å²) in [5, 5.41) is 2.04. The molecular formula is C16H15N3O3S2. The molecule has 0 fully saturated rings. The Kier molecular flexibility index (Phi) is 3.65. The second kappa shape index (κ2) is 5.71. The highest BCUT2D eigenvalue weighted by Gasteiger charge is 2.30. The Morgan fingerprint density at radius 2 is 2.12 bits per heavy atom. The summed E-state index contributed by atoms with van der Waals surface area (Å²) in [4.78, 5) is 19.9. The monoisotopic (exact) mass is 361 g/mol. The molecular weight excluding hydrogens is 346 g/mol. The fraction of sp³-hybridized carbons (Fsp3) is 0.250. The average molecular weight is 361 g/mol. The first kappa shape index (κ1) is 15.3. The van der Waals surface area contributed by atoms with Crippen LogP contribution in [0.15, 0.2) is 45.6 Å². The number of carbonyl (C=O) groups is 1. The number of carbonyl (C=O) groups excluding carboxylic acids is 1. The summed E-state index contributed by atoms with van der Waals surface area (Å²) in [5.74, 6) is 0.148. The molecule has 0 atom stereocenters. The van der Waals surface area contributed by atoms with E-state index in [-0.39, 0.29) is 23.2 Å². The number of hydrogen-bond acceptors (Lipinski definition) is 5. The Balaban J connectivity index is 1.51. The van der Waals surface area contributed by atoms with Gasteiger partial charge in [-0.1, -0.05) is 12.1 Å². The van der Waals surface area contributed by atoms with Crippen LogP contribution < -0.4 is 4.72 Å². The SMILES string of the molecule is O=C(CN=C1NS(=O)(=O)c2ccccc21)N1CCc2sccc2C1. The van der Waals surface area contributed by atoms with Crippen molar-refractivity contribution in [1.82, 2.24) is 9.62 Å². The van der Waals surface area contributed by atoms with Crippen molar-refractivity contribution in [2.75, 3.05) is 13.1 Å². The van der Waals surface area contributed by atoms with Crippen molar-refractivity contribution in [3.05, 3.63) is 51.7 Å². The van der Waals surface area contributed by atoms with Gasteiger partial charge in [0.15, 0.2) is 0 Å². The minimum atomic E-state index is -3.56. The highest BCUT2D eigenvalue weighted by Crippen LogP contribution is 2.24. The lowest BCUT2D eigenvalue weighted by molar-refractivity contribution is -0.130. The number of nitrogens with zero attached hydrogens (tertiary/aromatic N) is 2. The Hall–Kier alpha value is -2.19. The molecule has 3 heterocycles. The van der Waals surface area contributed by atoms with Gasteiger partial charge in [-0.15, -0.1) is 11.3 Å². The van der Waals surface area contributed by atoms with Crippen LogP contribution in [0.2, 0.25) is 0 Å². The van der Waals surface area contributed by atoms with Crippen molar-refractivity contribution >= 4 is 33.1 Å². The van der Waals surface area contributed by atoms with E-state index in [0.29, 0.717) is 18.7 Å². The summed E-state index contributed by atoms with van der Waals surface area (Å²) in [6.45, 7) is 1.22. The topological polar surface area (TPSA) is 78.8 Å². The molecule has 0 bridgehead atoms. The number of benzene rings is 1. The number of hydrogen-bond donors (Lipinski definition) is 1. The maximum atomic E-state index is 12.4. The molecule has 1 aromatic carbocycles. The van der Waals surface area contributed by atoms with Gasteiger partial charge in [-0.2, -0.15) is 0 Å². The smallest absolute Gasteiger partial charge is 0.263 e. The third-order valence-electron chi connectivity index (χ3n) is 4.20. The van der Waals surface area contributed by atoms with E-state index in [1.54, 1.807) is 34.4 Å². The van der Waals surface area contributed by atoms with Gasteiger partial charge in [-0.05, 0) is 35.6 Å². The van der Waals surface area contributed by atoms with Crippen molar-refractivity contribution in [2.45, 2.75) is 17.9 Å². The largest absolute Gasteiger partial charge is 0.336 e. The quantitative estimate of drug-likeness (QED) is 0.877. The molecule has 6 nitrogen and oxygen atoms in total. The third-order valence-corrected chi connectivity index (χ3v) is 6.62. The van der Waals surface area contributed by atoms with Crippen LogP contribution in [0.1, 0.15) is 16.0 Å². The normalized spacial score (nSPS) is 19.7. The standard InChI is InChI=1S/C16H15N3O3S2/c20-15(19-7-5-13-11(10-19)6-8-23-13)9-17-16-12-3-1-2-4-14(12)24(21,22)18-16/h1-4,6,8H,5,7,9-10H2,(H,17,18). The minimum Gasteiger partial charge on any atom is -0.336 e. The van der Waals surface area contributed by atoms with E-state index in [4.69, 9.17) is 0 Å². The lowest BCUT2D eigenvalue weighted by Gasteiger charge is -2.26. The molecule has 2 aliphatic heterocycles. The van der Waals surface area contributed by atoms with Gasteiger partial charge in [0.25, 0.3) is 10.0 Å². The first-order valence-electron chi connectivity index (χ1n) is 7.54. The van der Waals surface area contributed by atoms with Crippen LogP contribution in [0, 0.1) is 0 Å². The van der Waals surface area contributed by atoms with Crippen LogP contribution in [-0.4, -0.2) is 38.2 Å². The first-order valence-corrected chi connectivity index (χ1v) is 9.90. The Morgan fingerprint density at radius 1 is 1.29 bits per heavy atom. The molecule has 0 aliphatic carbocycles. The predicted octanol–water partition coefficient (Wildman–Crippen LogP) is 1.37. The zero-order valence-corrected chi connectivity index (χ0v) is 14.4. The van der Waals surface area contributed by atoms with Crippen LogP contribution in [0.5, 0.6) is 0 Å². The molecule has 0 saturated heterocycles. The third kappa shape index (κ3) is 2.61. The van der Waals surface area contributed by atoms with Gasteiger partial charge in [0, 0.05) is 23.5 Å². The van der Waals surface area contributed by atoms with E-state index in [0.717, 1.165) is 6.42 Å². The molecule has 4 rings (SSSR count). The van der Waals surface area contributed by atoms with Crippen LogP contribution in [0.4, 0.5) is 0 Å². The second-order valence-electron chi connectivity index (χ2n) is 5.70. The van der Waals surface area contributed by atoms with Crippen molar-refractivity contribution in [3.8, 4) is 0 Å². The fourth-order valence-corrected chi connectivity index (χ4v) is 5.10. The summed E-state index contributed by atoms with van der Waals surface area (Å²) in [6, 6.07) is 8.69. The number of amidine groups is 1. The lowest BCUT2D eigenvalue weighted by atomic mass is 10.1. The molecule has 8 heteroatoms. The van der Waals surface area contributed by atoms with Gasteiger partial charge in [0.2, 0.25) is 5.91 Å². The van der Waals surface area contributed by atoms with E-state index in [2.05, 4.69) is 9.71 Å². The van der Waals surface area contributed by atoms with Crippen LogP contribution >= 0.6 is 11.3 Å². The number of rotatable bonds is 2. The molecule has 1 amide bonds. The van der Waals surface area contributed by atoms with E-state index in [1.807, 2.05) is 11.4 Å². The van der Waals surface area contributed by atoms with Gasteiger partial charge in [0.1, 0.15) is 12.4 Å². The number of thiophene rings is 1. The summed E-state index contributed by atoms with van der Waals surface area (Å²) in [7, 11) is -3.56. The molecule has 124 valence electrons. The summed E-state index contributed by atoms with van der Waals surface area (Å²) >= 11 is 1.72. The highest BCUT2D eigenvalue weighted by molar-refractivity contribution is 7.90. The van der Waals surface area contributed by atoms with Crippen molar-refractivity contribution in [2.24, 2.45) is 4.99 Å². The van der Waals surface area contributed by atoms with Gasteiger partial charge < -0.3 is 4.90 Å². The molecule has 0 saturated carbocycles. The van der Waals surface area contributed by atoms with Crippen molar-refractivity contribution in [3.63, 3.8) is 0 Å². The molecule has 2 aliphatic rings. The van der Waals surface area contributed by atoms with Crippen molar-refractivity contribution < 1.29 is 13.2 Å². The molecule has 24 heavy (non-hydrogen) atoms. The first-order chi connectivity index (χ1) is 11.5. The lowest BCUT2D eigenvalue weighted by Crippen LogP contribution is -2.37. The zero-order chi connectivity index (χ0) is 16.7. The van der Waals surface area contributed by atoms with E-state index in [9.17, 15) is 13.2 Å². The number of aliphatic imine (C=N–C) groups is 1. The second-order valence-corrected chi connectivity index (χ2v) is 8.35. The maximum Gasteiger partial charge on any atom is 0.263 e. The minimum absolute atomic E-state index is 0.0638. The maximum absolute atomic E-state index is 12.4. The Morgan fingerprint density at radius 3 is 3.00 bits per heavy atom. The van der Waals surface area contributed by atoms with Gasteiger partial charge in [-0.25, -0.2) is 8.42 Å². The van der Waals surface area contributed by atoms with Crippen molar-refractivity contribution in [1.29, 1.82) is 0 Å². The summed E-state index contributed by atoms with van der Waals surface area (Å²) < 4.78 is 26.5. The number of nitrogens with one attached hydrogen (secondary N) is 1. The van der Waals surface area contributed by atoms with Crippen LogP contribution in [0.25, 0.3) is 0 Å². The number of sulfonamides is 1. The summed E-state index contributed by atoms with van der Waals surface area (Å²) in [5.41, 5.74) is 1.71. The van der Waals surface area contributed by atoms with E-state index < -0.39 is 10.0 Å². The van der Waals surface area contributed by atoms with E-state index >= 15 is 0 Å². The molecule has 1 N–H and O–H groups in total. The Labute approximate surface area is 143 Å². The summed E-state index contributed by atoms with van der Waals surface area (Å²) in [6.07, 6.45) is 0.866. The van der Waals surface area contributed by atoms with Gasteiger partial charge >= 0.3 is 0 Å². The molecule has 0 spiro atoms. The van der Waals surface area contributed by atoms with Crippen LogP contribution in [-0.2, 0) is 27.8 Å². The average Bonchev–Trinajstić information content (AvgIpc) is 3.15. The molecule has 2 aromatic rings. The molecule has 0 unspecified atom stereocenters. The van der Waals surface area contributed by atoms with Gasteiger partial charge in [-0.3, -0.25) is 14.5 Å². The molecule has 1 aromatic heterocycles. The molecule has 0 radical (unpaired) electrons. The predicted molar refractivity (Wildman–Crippen MR) is 91.6 cm³/mol. The fourth-order valence-electron chi connectivity index (χ4n) is 2.96. The Bertz CT molecular complexity index is 947. The highest BCUT2D eigenvalue weighted by atomic mass is 32.2.